The number of rotatable bonds is 4. The van der Waals surface area contributed by atoms with Gasteiger partial charge < -0.3 is 10.6 Å². The van der Waals surface area contributed by atoms with Crippen LogP contribution in [0.25, 0.3) is 10.6 Å². The molecule has 1 fully saturated rings. The van der Waals surface area contributed by atoms with Gasteiger partial charge in [0.1, 0.15) is 10.7 Å². The van der Waals surface area contributed by atoms with Crippen molar-refractivity contribution in [3.63, 3.8) is 0 Å². The van der Waals surface area contributed by atoms with Gasteiger partial charge in [0.25, 0.3) is 11.6 Å². The van der Waals surface area contributed by atoms with E-state index in [0.29, 0.717) is 10.7 Å². The number of carbonyl (C=O) groups excluding carboxylic acids is 1. The summed E-state index contributed by atoms with van der Waals surface area (Å²) >= 11 is 1.35. The quantitative estimate of drug-likeness (QED) is 0.661. The fourth-order valence-corrected chi connectivity index (χ4v) is 3.28. The van der Waals surface area contributed by atoms with Crippen molar-refractivity contribution >= 4 is 22.9 Å². The van der Waals surface area contributed by atoms with Crippen LogP contribution >= 0.6 is 11.3 Å². The highest BCUT2D eigenvalue weighted by molar-refractivity contribution is 7.13. The third-order valence-corrected chi connectivity index (χ3v) is 4.59. The van der Waals surface area contributed by atoms with Crippen molar-refractivity contribution in [3.8, 4) is 10.6 Å². The summed E-state index contributed by atoms with van der Waals surface area (Å²) in [5.41, 5.74) is 1.18. The highest BCUT2D eigenvalue weighted by atomic mass is 32.1. The Morgan fingerprint density at radius 3 is 2.83 bits per heavy atom. The maximum Gasteiger partial charge on any atom is 0.271 e. The number of nitrogens with zero attached hydrogens (tertiary/aromatic N) is 2. The molecule has 0 aliphatic carbocycles. The van der Waals surface area contributed by atoms with E-state index in [4.69, 9.17) is 0 Å². The minimum absolute atomic E-state index is 0.0353. The molecular weight excluding hydrogens is 316 g/mol. The minimum atomic E-state index is -0.442. The zero-order valence-corrected chi connectivity index (χ0v) is 13.1. The van der Waals surface area contributed by atoms with Crippen molar-refractivity contribution in [1.82, 2.24) is 15.6 Å². The predicted molar refractivity (Wildman–Crippen MR) is 87.6 cm³/mol. The molecular formula is C15H16N4O3S. The van der Waals surface area contributed by atoms with Gasteiger partial charge in [-0.2, -0.15) is 0 Å². The van der Waals surface area contributed by atoms with Crippen LogP contribution in [0, 0.1) is 10.1 Å². The molecule has 1 aromatic heterocycles. The number of thiazole rings is 1. The van der Waals surface area contributed by atoms with Crippen molar-refractivity contribution in [3.05, 3.63) is 45.5 Å². The average molecular weight is 332 g/mol. The summed E-state index contributed by atoms with van der Waals surface area (Å²) in [5, 5.41) is 19.3. The van der Waals surface area contributed by atoms with Gasteiger partial charge in [-0.15, -0.1) is 11.3 Å². The fraction of sp³-hybridized carbons (Fsp3) is 0.333. The van der Waals surface area contributed by atoms with Crippen LogP contribution in [0.3, 0.4) is 0 Å². The average Bonchev–Trinajstić information content (AvgIpc) is 3.06. The van der Waals surface area contributed by atoms with E-state index in [0.717, 1.165) is 31.5 Å². The summed E-state index contributed by atoms with van der Waals surface area (Å²) in [6.45, 7) is 1.78. The normalized spacial score (nSPS) is 17.7. The Balaban J connectivity index is 1.69. The molecule has 1 unspecified atom stereocenters. The number of carbonyl (C=O) groups is 1. The van der Waals surface area contributed by atoms with Gasteiger partial charge in [-0.1, -0.05) is 0 Å². The van der Waals surface area contributed by atoms with E-state index in [9.17, 15) is 14.9 Å². The molecule has 0 spiro atoms. The maximum atomic E-state index is 12.2. The number of piperidine rings is 1. The molecule has 1 atom stereocenters. The first-order valence-corrected chi connectivity index (χ1v) is 8.23. The van der Waals surface area contributed by atoms with Gasteiger partial charge in [0.15, 0.2) is 0 Å². The molecule has 1 aliphatic heterocycles. The number of non-ortho nitro benzene ring substituents is 1. The topological polar surface area (TPSA) is 97.2 Å². The monoisotopic (exact) mass is 332 g/mol. The van der Waals surface area contributed by atoms with Crippen LogP contribution in [-0.2, 0) is 0 Å². The van der Waals surface area contributed by atoms with Gasteiger partial charge in [-0.25, -0.2) is 4.98 Å². The summed E-state index contributed by atoms with van der Waals surface area (Å²) < 4.78 is 0. The number of hydrogen-bond acceptors (Lipinski definition) is 6. The molecule has 2 aromatic rings. The van der Waals surface area contributed by atoms with E-state index in [1.807, 2.05) is 0 Å². The van der Waals surface area contributed by atoms with Crippen molar-refractivity contribution in [2.24, 2.45) is 0 Å². The molecule has 1 saturated heterocycles. The van der Waals surface area contributed by atoms with Crippen LogP contribution < -0.4 is 10.6 Å². The Morgan fingerprint density at radius 2 is 2.17 bits per heavy atom. The largest absolute Gasteiger partial charge is 0.347 e. The lowest BCUT2D eigenvalue weighted by Gasteiger charge is -2.23. The molecule has 2 heterocycles. The SMILES string of the molecule is O=C(NC1CCCNC1)c1csc(-c2ccc([N+](=O)[O-])cc2)n1. The van der Waals surface area contributed by atoms with Gasteiger partial charge in [-0.05, 0) is 31.5 Å². The van der Waals surface area contributed by atoms with Crippen LogP contribution in [0.4, 0.5) is 5.69 Å². The number of nitro groups is 1. The van der Waals surface area contributed by atoms with E-state index >= 15 is 0 Å². The Bertz CT molecular complexity index is 708. The van der Waals surface area contributed by atoms with Crippen molar-refractivity contribution in [2.45, 2.75) is 18.9 Å². The molecule has 0 saturated carbocycles. The first-order valence-electron chi connectivity index (χ1n) is 7.35. The molecule has 0 bridgehead atoms. The second-order valence-corrected chi connectivity index (χ2v) is 6.22. The Labute approximate surface area is 136 Å². The van der Waals surface area contributed by atoms with Crippen LogP contribution in [-0.4, -0.2) is 34.9 Å². The van der Waals surface area contributed by atoms with Gasteiger partial charge in [0, 0.05) is 35.7 Å². The molecule has 120 valence electrons. The molecule has 1 amide bonds. The predicted octanol–water partition coefficient (Wildman–Crippen LogP) is 2.20. The second-order valence-electron chi connectivity index (χ2n) is 5.36. The van der Waals surface area contributed by atoms with Crippen LogP contribution in [0.2, 0.25) is 0 Å². The minimum Gasteiger partial charge on any atom is -0.347 e. The van der Waals surface area contributed by atoms with Crippen molar-refractivity contribution in [1.29, 1.82) is 0 Å². The Kier molecular flexibility index (Phi) is 4.63. The van der Waals surface area contributed by atoms with Crippen molar-refractivity contribution < 1.29 is 9.72 Å². The number of hydrogen-bond donors (Lipinski definition) is 2. The summed E-state index contributed by atoms with van der Waals surface area (Å²) in [6.07, 6.45) is 2.02. The number of amides is 1. The number of benzene rings is 1. The zero-order valence-electron chi connectivity index (χ0n) is 12.3. The smallest absolute Gasteiger partial charge is 0.271 e. The van der Waals surface area contributed by atoms with Crippen LogP contribution in [0.15, 0.2) is 29.6 Å². The second kappa shape index (κ2) is 6.84. The van der Waals surface area contributed by atoms with E-state index in [1.54, 1.807) is 17.5 Å². The lowest BCUT2D eigenvalue weighted by atomic mass is 10.1. The molecule has 3 rings (SSSR count). The zero-order chi connectivity index (χ0) is 16.2. The molecule has 0 radical (unpaired) electrons. The highest BCUT2D eigenvalue weighted by Gasteiger charge is 2.18. The summed E-state index contributed by atoms with van der Waals surface area (Å²) in [4.78, 5) is 26.8. The molecule has 8 heteroatoms. The van der Waals surface area contributed by atoms with E-state index in [2.05, 4.69) is 15.6 Å². The molecule has 7 nitrogen and oxygen atoms in total. The number of nitro benzene ring substituents is 1. The maximum absolute atomic E-state index is 12.2. The molecule has 1 aromatic carbocycles. The first kappa shape index (κ1) is 15.6. The van der Waals surface area contributed by atoms with Gasteiger partial charge >= 0.3 is 0 Å². The molecule has 2 N–H and O–H groups in total. The van der Waals surface area contributed by atoms with E-state index in [-0.39, 0.29) is 17.6 Å². The number of aromatic nitrogens is 1. The third-order valence-electron chi connectivity index (χ3n) is 3.69. The van der Waals surface area contributed by atoms with E-state index in [1.165, 1.54) is 23.5 Å². The Morgan fingerprint density at radius 1 is 1.39 bits per heavy atom. The third kappa shape index (κ3) is 3.72. The number of nitrogens with one attached hydrogen (secondary N) is 2. The summed E-state index contributed by atoms with van der Waals surface area (Å²) in [7, 11) is 0. The highest BCUT2D eigenvalue weighted by Crippen LogP contribution is 2.25. The first-order chi connectivity index (χ1) is 11.1. The van der Waals surface area contributed by atoms with Gasteiger partial charge in [0.05, 0.1) is 4.92 Å². The van der Waals surface area contributed by atoms with E-state index < -0.39 is 4.92 Å². The van der Waals surface area contributed by atoms with Crippen LogP contribution in [0.5, 0.6) is 0 Å². The van der Waals surface area contributed by atoms with Crippen molar-refractivity contribution in [2.75, 3.05) is 13.1 Å². The summed E-state index contributed by atoms with van der Waals surface area (Å²) in [6, 6.07) is 6.29. The molecule has 23 heavy (non-hydrogen) atoms. The van der Waals surface area contributed by atoms with Gasteiger partial charge in [0.2, 0.25) is 0 Å². The Hall–Kier alpha value is -2.32. The lowest BCUT2D eigenvalue weighted by molar-refractivity contribution is -0.384. The fourth-order valence-electron chi connectivity index (χ4n) is 2.47. The van der Waals surface area contributed by atoms with Gasteiger partial charge in [-0.3, -0.25) is 14.9 Å². The lowest BCUT2D eigenvalue weighted by Crippen LogP contribution is -2.45. The standard InChI is InChI=1S/C15H16N4O3S/c20-14(17-11-2-1-7-16-8-11)13-9-23-15(18-13)10-3-5-12(6-4-10)19(21)22/h3-6,9,11,16H,1-2,7-8H2,(H,17,20). The molecule has 1 aliphatic rings. The van der Waals surface area contributed by atoms with Crippen LogP contribution in [0.1, 0.15) is 23.3 Å². The summed E-state index contributed by atoms with van der Waals surface area (Å²) in [5.74, 6) is -0.178.